The van der Waals surface area contributed by atoms with Gasteiger partial charge in [0.25, 0.3) is 0 Å². The highest BCUT2D eigenvalue weighted by atomic mass is 79.9. The average Bonchev–Trinajstić information content (AvgIpc) is 1.89. The summed E-state index contributed by atoms with van der Waals surface area (Å²) >= 11 is 0. The molecule has 0 aromatic carbocycles. The molecule has 0 saturated carbocycles. The van der Waals surface area contributed by atoms with E-state index in [0.29, 0.717) is 0 Å². The van der Waals surface area contributed by atoms with Crippen molar-refractivity contribution in [2.45, 2.75) is 14.9 Å². The van der Waals surface area contributed by atoms with Crippen molar-refractivity contribution in [3.8, 4) is 0 Å². The first-order valence-corrected chi connectivity index (χ1v) is 3.28. The van der Waals surface area contributed by atoms with E-state index in [1.54, 1.807) is 0 Å². The van der Waals surface area contributed by atoms with E-state index in [9.17, 15) is 0 Å². The minimum atomic E-state index is 0. The third-order valence-electron chi connectivity index (χ3n) is 0.993. The van der Waals surface area contributed by atoms with Crippen molar-refractivity contribution in [3.63, 3.8) is 0 Å². The lowest BCUT2D eigenvalue weighted by atomic mass is 10.6. The van der Waals surface area contributed by atoms with Gasteiger partial charge in [-0.15, -0.1) is 17.0 Å². The van der Waals surface area contributed by atoms with Gasteiger partial charge in [-0.1, -0.05) is 14.9 Å². The number of halogens is 1. The number of hydrogen-bond donors (Lipinski definition) is 2. The number of ether oxygens (including phenoxy) is 1. The quantitative estimate of drug-likeness (QED) is 0.692. The van der Waals surface area contributed by atoms with Crippen molar-refractivity contribution in [2.24, 2.45) is 0 Å². The minimum Gasteiger partial charge on any atom is -0.379 e. The van der Waals surface area contributed by atoms with Gasteiger partial charge < -0.3 is 15.4 Å². The Morgan fingerprint density at radius 1 is 0.917 bits per heavy atom. The van der Waals surface area contributed by atoms with Crippen LogP contribution < -0.4 is 10.6 Å². The summed E-state index contributed by atoms with van der Waals surface area (Å²) in [5, 5.41) is 6.00. The maximum Gasteiger partial charge on any atom is 0.0591 e. The van der Waals surface area contributed by atoms with Gasteiger partial charge in [-0.25, -0.2) is 0 Å². The maximum absolute atomic E-state index is 5.19. The lowest BCUT2D eigenvalue weighted by molar-refractivity contribution is 0.140. The fraction of sp³-hybridized carbons (Fsp3) is 1.00. The molecule has 0 bridgehead atoms. The van der Waals surface area contributed by atoms with Crippen LogP contribution in [0.25, 0.3) is 0 Å². The molecule has 0 aliphatic carbocycles. The molecule has 0 aromatic rings. The predicted molar refractivity (Wildman–Crippen MR) is 62.5 cm³/mol. The van der Waals surface area contributed by atoms with E-state index in [2.05, 4.69) is 10.6 Å². The summed E-state index contributed by atoms with van der Waals surface area (Å²) in [6.45, 7) is 3.48. The molecule has 0 radical (unpaired) electrons. The van der Waals surface area contributed by atoms with Crippen LogP contribution >= 0.6 is 17.0 Å². The Labute approximate surface area is 88.0 Å². The van der Waals surface area contributed by atoms with Crippen molar-refractivity contribution < 1.29 is 4.74 Å². The monoisotopic (exact) mass is 244 g/mol. The van der Waals surface area contributed by atoms with E-state index in [-0.39, 0.29) is 31.8 Å². The van der Waals surface area contributed by atoms with Gasteiger partial charge in [0.1, 0.15) is 0 Å². The number of nitrogens with one attached hydrogen (secondary N) is 2. The Bertz CT molecular complexity index is 50.3. The summed E-state index contributed by atoms with van der Waals surface area (Å²) in [5.74, 6) is 0. The lowest BCUT2D eigenvalue weighted by Crippen LogP contribution is -2.19. The molecule has 3 nitrogen and oxygen atoms in total. The average molecular weight is 245 g/mol. The maximum atomic E-state index is 5.19. The summed E-state index contributed by atoms with van der Waals surface area (Å²) in [4.78, 5) is 0. The smallest absolute Gasteiger partial charge is 0.0591 e. The predicted octanol–water partition coefficient (Wildman–Crippen LogP) is 1.29. The van der Waals surface area contributed by atoms with Gasteiger partial charge in [0, 0.05) is 13.1 Å². The first-order valence-electron chi connectivity index (χ1n) is 3.28. The summed E-state index contributed by atoms with van der Waals surface area (Å²) in [6, 6.07) is 0. The van der Waals surface area contributed by atoms with Gasteiger partial charge in [0.15, 0.2) is 0 Å². The molecular formula is C8H25BrN2O. The second kappa shape index (κ2) is 22.5. The third kappa shape index (κ3) is 22.4. The summed E-state index contributed by atoms with van der Waals surface area (Å²) in [5.41, 5.74) is 0. The third-order valence-corrected chi connectivity index (χ3v) is 0.993. The SMILES string of the molecule is Br.C.C.CNCCOCCNC. The standard InChI is InChI=1S/C6H16N2O.2CH4.BrH/c1-7-3-5-9-6-4-8-2;;;/h7-8H,3-6H2,1-2H3;2*1H4;1H. The molecule has 0 spiro atoms. The molecule has 80 valence electrons. The van der Waals surface area contributed by atoms with Gasteiger partial charge >= 0.3 is 0 Å². The highest BCUT2D eigenvalue weighted by molar-refractivity contribution is 8.93. The molecule has 0 amide bonds. The fourth-order valence-electron chi connectivity index (χ4n) is 0.451. The van der Waals surface area contributed by atoms with Crippen LogP contribution in [0.5, 0.6) is 0 Å². The Hall–Kier alpha value is 0.360. The molecule has 0 saturated heterocycles. The second-order valence-electron chi connectivity index (χ2n) is 1.82. The number of rotatable bonds is 6. The topological polar surface area (TPSA) is 33.3 Å². The van der Waals surface area contributed by atoms with Crippen LogP contribution in [-0.4, -0.2) is 40.4 Å². The largest absolute Gasteiger partial charge is 0.379 e. The second-order valence-corrected chi connectivity index (χ2v) is 1.82. The number of hydrogen-bond acceptors (Lipinski definition) is 3. The normalized spacial score (nSPS) is 7.50. The first-order chi connectivity index (χ1) is 4.41. The zero-order valence-electron chi connectivity index (χ0n) is 6.64. The van der Waals surface area contributed by atoms with Crippen LogP contribution in [0.3, 0.4) is 0 Å². The van der Waals surface area contributed by atoms with Gasteiger partial charge in [-0.2, -0.15) is 0 Å². The zero-order valence-corrected chi connectivity index (χ0v) is 8.36. The highest BCUT2D eigenvalue weighted by Gasteiger charge is 1.83. The fourth-order valence-corrected chi connectivity index (χ4v) is 0.451. The molecule has 0 aliphatic heterocycles. The number of likely N-dealkylation sites (N-methyl/N-ethyl adjacent to an activating group) is 2. The van der Waals surface area contributed by atoms with E-state index in [1.807, 2.05) is 14.1 Å². The molecule has 0 heterocycles. The van der Waals surface area contributed by atoms with Gasteiger partial charge in [0.05, 0.1) is 13.2 Å². The van der Waals surface area contributed by atoms with E-state index in [0.717, 1.165) is 26.3 Å². The molecule has 12 heavy (non-hydrogen) atoms. The van der Waals surface area contributed by atoms with Crippen LogP contribution in [0, 0.1) is 0 Å². The zero-order chi connectivity index (χ0) is 6.95. The Morgan fingerprint density at radius 2 is 1.25 bits per heavy atom. The summed E-state index contributed by atoms with van der Waals surface area (Å²) in [7, 11) is 3.84. The van der Waals surface area contributed by atoms with Gasteiger partial charge in [-0.05, 0) is 14.1 Å². The Kier molecular flexibility index (Phi) is 42.8. The molecule has 0 atom stereocenters. The highest BCUT2D eigenvalue weighted by Crippen LogP contribution is 1.69. The first kappa shape index (κ1) is 22.8. The molecule has 0 rings (SSSR count). The minimum absolute atomic E-state index is 0. The molecule has 0 aliphatic rings. The van der Waals surface area contributed by atoms with Crippen molar-refractivity contribution in [2.75, 3.05) is 40.4 Å². The molecule has 0 unspecified atom stereocenters. The molecular weight excluding hydrogens is 220 g/mol. The molecule has 4 heteroatoms. The van der Waals surface area contributed by atoms with Crippen LogP contribution in [0.4, 0.5) is 0 Å². The molecule has 2 N–H and O–H groups in total. The van der Waals surface area contributed by atoms with E-state index in [1.165, 1.54) is 0 Å². The van der Waals surface area contributed by atoms with E-state index >= 15 is 0 Å². The Morgan fingerprint density at radius 3 is 1.50 bits per heavy atom. The Balaban J connectivity index is -0.000000107. The summed E-state index contributed by atoms with van der Waals surface area (Å²) < 4.78 is 5.19. The van der Waals surface area contributed by atoms with Gasteiger partial charge in [0.2, 0.25) is 0 Å². The lowest BCUT2D eigenvalue weighted by Gasteiger charge is -2.01. The van der Waals surface area contributed by atoms with Gasteiger partial charge in [-0.3, -0.25) is 0 Å². The molecule has 0 fully saturated rings. The van der Waals surface area contributed by atoms with Crippen LogP contribution in [0.1, 0.15) is 14.9 Å². The molecule has 0 aromatic heterocycles. The van der Waals surface area contributed by atoms with Crippen molar-refractivity contribution in [1.29, 1.82) is 0 Å². The van der Waals surface area contributed by atoms with E-state index < -0.39 is 0 Å². The van der Waals surface area contributed by atoms with Crippen LogP contribution in [-0.2, 0) is 4.74 Å². The van der Waals surface area contributed by atoms with E-state index in [4.69, 9.17) is 4.74 Å². The summed E-state index contributed by atoms with van der Waals surface area (Å²) in [6.07, 6.45) is 0. The van der Waals surface area contributed by atoms with Crippen molar-refractivity contribution in [3.05, 3.63) is 0 Å². The van der Waals surface area contributed by atoms with Crippen molar-refractivity contribution in [1.82, 2.24) is 10.6 Å². The van der Waals surface area contributed by atoms with Crippen molar-refractivity contribution >= 4 is 17.0 Å². The van der Waals surface area contributed by atoms with Crippen LogP contribution in [0.2, 0.25) is 0 Å². The van der Waals surface area contributed by atoms with Crippen LogP contribution in [0.15, 0.2) is 0 Å².